The van der Waals surface area contributed by atoms with Gasteiger partial charge in [-0.2, -0.15) is 10.2 Å². The van der Waals surface area contributed by atoms with Crippen LogP contribution < -0.4 is 20.3 Å². The van der Waals surface area contributed by atoms with E-state index in [4.69, 9.17) is 9.84 Å². The average Bonchev–Trinajstić information content (AvgIpc) is 3.85. The Bertz CT molecular complexity index is 2370. The number of nitrogens with one attached hydrogen (secondary N) is 2. The zero-order chi connectivity index (χ0) is 37.2. The molecule has 5 aromatic rings. The van der Waals surface area contributed by atoms with Gasteiger partial charge in [0.05, 0.1) is 41.7 Å². The number of piperidine rings is 1. The molecule has 6 heterocycles. The lowest BCUT2D eigenvalue weighted by Crippen LogP contribution is -2.61. The number of nitrogens with zero attached hydrogens (tertiary/aromatic N) is 8. The molecular weight excluding hydrogens is 692 g/mol. The number of carbonyl (C=O) groups is 5. The summed E-state index contributed by atoms with van der Waals surface area (Å²) in [5, 5.41) is 15.2. The van der Waals surface area contributed by atoms with Crippen LogP contribution in [0.15, 0.2) is 61.2 Å². The molecule has 1 saturated carbocycles. The molecule has 1 atom stereocenters. The number of amides is 5. The SMILES string of the molecule is COc1cc2nn([C@H]3CC[C@H](N(C)C4CN(c5ccc6c(c5)C(=O)N(C5CCC(=O)NC5=O)C6=O)C4)CC3)cc2cc1NC(=O)c1cnn2cccnc12. The van der Waals surface area contributed by atoms with Crippen molar-refractivity contribution in [2.24, 2.45) is 0 Å². The van der Waals surface area contributed by atoms with Crippen LogP contribution in [-0.2, 0) is 9.59 Å². The number of hydrogen-bond acceptors (Lipinski definition) is 11. The fraction of sp³-hybridized carbons (Fsp3) is 0.368. The molecule has 2 saturated heterocycles. The van der Waals surface area contributed by atoms with Gasteiger partial charge in [0.15, 0.2) is 5.65 Å². The van der Waals surface area contributed by atoms with E-state index in [1.165, 1.54) is 6.20 Å². The normalized spacial score (nSPS) is 21.9. The maximum atomic E-state index is 13.3. The van der Waals surface area contributed by atoms with E-state index in [0.29, 0.717) is 40.3 Å². The number of carbonyl (C=O) groups excluding carboxylic acids is 5. The van der Waals surface area contributed by atoms with E-state index in [-0.39, 0.29) is 30.4 Å². The van der Waals surface area contributed by atoms with Crippen LogP contribution >= 0.6 is 0 Å². The van der Waals surface area contributed by atoms with E-state index in [1.54, 1.807) is 42.2 Å². The van der Waals surface area contributed by atoms with Crippen LogP contribution in [0.5, 0.6) is 5.75 Å². The lowest BCUT2D eigenvalue weighted by molar-refractivity contribution is -0.136. The molecule has 54 heavy (non-hydrogen) atoms. The molecular formula is C38H38N10O6. The Hall–Kier alpha value is -6.16. The van der Waals surface area contributed by atoms with Gasteiger partial charge in [0, 0.05) is 67.3 Å². The Morgan fingerprint density at radius 3 is 2.56 bits per heavy atom. The summed E-state index contributed by atoms with van der Waals surface area (Å²) in [6.45, 7) is 1.60. The molecule has 3 fully saturated rings. The standard InChI is InChI=1S/C38H38N10O6/c1-44(25-19-45(20-25)24-8-9-26-27(15-24)38(53)48(37(26)52)31-10-11-33(49)42-36(31)51)22-4-6-23(7-5-22)47-18-21-14-30(32(54-2)16-29(21)43-47)41-35(50)28-17-40-46-13-3-12-39-34(28)46/h3,8-9,12-18,22-23,25,31H,4-7,10-11,19-20H2,1-2H3,(H,41,50)(H,42,49,51)/t22-,23-,31?. The van der Waals surface area contributed by atoms with Crippen LogP contribution in [-0.4, -0.2) is 109 Å². The second-order valence-electron chi connectivity index (χ2n) is 14.5. The lowest BCUT2D eigenvalue weighted by atomic mass is 9.89. The minimum atomic E-state index is -0.979. The van der Waals surface area contributed by atoms with Gasteiger partial charge >= 0.3 is 0 Å². The molecule has 2 aromatic carbocycles. The van der Waals surface area contributed by atoms with E-state index < -0.39 is 29.7 Å². The molecule has 1 unspecified atom stereocenters. The van der Waals surface area contributed by atoms with Crippen molar-refractivity contribution in [1.82, 2.24) is 39.5 Å². The number of hydrogen-bond donors (Lipinski definition) is 2. The highest BCUT2D eigenvalue weighted by Gasteiger charge is 2.45. The van der Waals surface area contributed by atoms with E-state index >= 15 is 0 Å². The van der Waals surface area contributed by atoms with Gasteiger partial charge in [0.2, 0.25) is 11.8 Å². The smallest absolute Gasteiger partial charge is 0.262 e. The summed E-state index contributed by atoms with van der Waals surface area (Å²) in [6, 6.07) is 10.8. The number of fused-ring (bicyclic) bond motifs is 3. The Morgan fingerprint density at radius 1 is 0.981 bits per heavy atom. The second kappa shape index (κ2) is 13.1. The molecule has 9 rings (SSSR count). The number of ether oxygens (including phenoxy) is 1. The molecule has 3 aliphatic heterocycles. The summed E-state index contributed by atoms with van der Waals surface area (Å²) in [6.07, 6.45) is 11.1. The van der Waals surface area contributed by atoms with Gasteiger partial charge in [-0.3, -0.25) is 43.8 Å². The summed E-state index contributed by atoms with van der Waals surface area (Å²) in [4.78, 5) is 73.6. The first-order valence-corrected chi connectivity index (χ1v) is 18.2. The van der Waals surface area contributed by atoms with Gasteiger partial charge in [0.1, 0.15) is 17.4 Å². The van der Waals surface area contributed by atoms with E-state index in [1.807, 2.05) is 29.1 Å². The number of benzene rings is 2. The molecule has 2 N–H and O–H groups in total. The molecule has 1 aliphatic carbocycles. The zero-order valence-corrected chi connectivity index (χ0v) is 29.8. The van der Waals surface area contributed by atoms with Crippen molar-refractivity contribution in [3.05, 3.63) is 77.9 Å². The molecule has 3 aromatic heterocycles. The average molecular weight is 731 g/mol. The van der Waals surface area contributed by atoms with Gasteiger partial charge in [-0.1, -0.05) is 0 Å². The summed E-state index contributed by atoms with van der Waals surface area (Å²) in [5.74, 6) is -1.82. The Balaban J connectivity index is 0.810. The van der Waals surface area contributed by atoms with Gasteiger partial charge in [-0.15, -0.1) is 0 Å². The third-order valence-corrected chi connectivity index (χ3v) is 11.5. The van der Waals surface area contributed by atoms with Crippen molar-refractivity contribution in [3.8, 4) is 5.75 Å². The summed E-state index contributed by atoms with van der Waals surface area (Å²) in [7, 11) is 3.75. The first-order chi connectivity index (χ1) is 26.2. The van der Waals surface area contributed by atoms with E-state index in [2.05, 4.69) is 37.6 Å². The Kier molecular flexibility index (Phi) is 8.14. The third kappa shape index (κ3) is 5.64. The topological polar surface area (TPSA) is 176 Å². The van der Waals surface area contributed by atoms with Crippen LogP contribution in [0.1, 0.15) is 75.6 Å². The van der Waals surface area contributed by atoms with Crippen LogP contribution in [0.3, 0.4) is 0 Å². The van der Waals surface area contributed by atoms with Gasteiger partial charge in [0.25, 0.3) is 17.7 Å². The zero-order valence-electron chi connectivity index (χ0n) is 29.8. The highest BCUT2D eigenvalue weighted by atomic mass is 16.5. The molecule has 276 valence electrons. The van der Waals surface area contributed by atoms with Crippen molar-refractivity contribution >= 4 is 57.5 Å². The predicted molar refractivity (Wildman–Crippen MR) is 195 cm³/mol. The lowest BCUT2D eigenvalue weighted by Gasteiger charge is -2.49. The highest BCUT2D eigenvalue weighted by molar-refractivity contribution is 6.23. The van der Waals surface area contributed by atoms with Crippen molar-refractivity contribution in [2.45, 2.75) is 62.7 Å². The summed E-state index contributed by atoms with van der Waals surface area (Å²) >= 11 is 0. The number of likely N-dealkylation sites (N-methyl/N-ethyl adjacent to an activating group) is 1. The maximum absolute atomic E-state index is 13.3. The van der Waals surface area contributed by atoms with Crippen molar-refractivity contribution < 1.29 is 28.7 Å². The second-order valence-corrected chi connectivity index (χ2v) is 14.5. The van der Waals surface area contributed by atoms with Crippen LogP contribution in [0.4, 0.5) is 11.4 Å². The number of methoxy groups -OCH3 is 1. The first-order valence-electron chi connectivity index (χ1n) is 18.2. The van der Waals surface area contributed by atoms with E-state index in [9.17, 15) is 24.0 Å². The van der Waals surface area contributed by atoms with Gasteiger partial charge in [-0.05, 0) is 69.5 Å². The van der Waals surface area contributed by atoms with Gasteiger partial charge < -0.3 is 15.0 Å². The maximum Gasteiger partial charge on any atom is 0.262 e. The van der Waals surface area contributed by atoms with Crippen LogP contribution in [0.25, 0.3) is 16.6 Å². The molecule has 4 aliphatic rings. The fourth-order valence-electron chi connectivity index (χ4n) is 8.31. The Labute approximate surface area is 309 Å². The number of rotatable bonds is 8. The minimum Gasteiger partial charge on any atom is -0.494 e. The number of imide groups is 2. The molecule has 16 nitrogen and oxygen atoms in total. The van der Waals surface area contributed by atoms with Crippen molar-refractivity contribution in [1.29, 1.82) is 0 Å². The largest absolute Gasteiger partial charge is 0.494 e. The third-order valence-electron chi connectivity index (χ3n) is 11.5. The quantitative estimate of drug-likeness (QED) is 0.225. The minimum absolute atomic E-state index is 0.0868. The molecule has 0 bridgehead atoms. The molecule has 16 heteroatoms. The summed E-state index contributed by atoms with van der Waals surface area (Å²) in [5.41, 5.74) is 3.61. The summed E-state index contributed by atoms with van der Waals surface area (Å²) < 4.78 is 9.23. The molecule has 0 radical (unpaired) electrons. The van der Waals surface area contributed by atoms with Crippen molar-refractivity contribution in [3.63, 3.8) is 0 Å². The van der Waals surface area contributed by atoms with Crippen molar-refractivity contribution in [2.75, 3.05) is 37.5 Å². The number of anilines is 2. The van der Waals surface area contributed by atoms with Gasteiger partial charge in [-0.25, -0.2) is 9.50 Å². The van der Waals surface area contributed by atoms with Crippen LogP contribution in [0, 0.1) is 0 Å². The monoisotopic (exact) mass is 730 g/mol. The number of aromatic nitrogens is 5. The van der Waals surface area contributed by atoms with E-state index in [0.717, 1.165) is 60.3 Å². The van der Waals surface area contributed by atoms with Crippen LogP contribution in [0.2, 0.25) is 0 Å². The predicted octanol–water partition coefficient (Wildman–Crippen LogP) is 3.05. The highest BCUT2D eigenvalue weighted by Crippen LogP contribution is 2.37. The Morgan fingerprint density at radius 2 is 1.78 bits per heavy atom. The molecule has 0 spiro atoms. The first kappa shape index (κ1) is 33.7. The molecule has 5 amide bonds. The fourth-order valence-corrected chi connectivity index (χ4v) is 8.31.